The third kappa shape index (κ3) is 4.87. The van der Waals surface area contributed by atoms with Gasteiger partial charge in [-0.25, -0.2) is 0 Å². The van der Waals surface area contributed by atoms with E-state index in [4.69, 9.17) is 28.3 Å². The highest BCUT2D eigenvalue weighted by Gasteiger charge is 2.27. The Balaban J connectivity index is 0.000000671. The number of aliphatic hydroxyl groups excluding tert-OH is 1. The van der Waals surface area contributed by atoms with E-state index in [1.807, 2.05) is 19.2 Å². The Morgan fingerprint density at radius 3 is 2.25 bits per heavy atom. The van der Waals surface area contributed by atoms with Crippen molar-refractivity contribution in [3.63, 3.8) is 0 Å². The molecular weight excluding hydrogens is 365 g/mol. The predicted octanol–water partition coefficient (Wildman–Crippen LogP) is 5.60. The van der Waals surface area contributed by atoms with Crippen LogP contribution in [0, 0.1) is 0 Å². The minimum absolute atomic E-state index is 0. The van der Waals surface area contributed by atoms with Gasteiger partial charge in [0, 0.05) is 18.6 Å². The van der Waals surface area contributed by atoms with Crippen molar-refractivity contribution in [2.45, 2.75) is 31.7 Å². The van der Waals surface area contributed by atoms with E-state index in [1.165, 1.54) is 16.7 Å². The maximum Gasteiger partial charge on any atom is 0.0595 e. The minimum Gasteiger partial charge on any atom is -0.397 e. The van der Waals surface area contributed by atoms with Crippen LogP contribution in [-0.2, 0) is 0 Å². The molecule has 0 saturated heterocycles. The normalized spacial score (nSPS) is 18.7. The van der Waals surface area contributed by atoms with Gasteiger partial charge in [-0.15, -0.1) is 12.4 Å². The fraction of sp³-hybridized carbons (Fsp3) is 0.368. The fourth-order valence-corrected chi connectivity index (χ4v) is 3.47. The Hall–Kier alpha value is -0.770. The first-order valence-electron chi connectivity index (χ1n) is 7.94. The Morgan fingerprint density at radius 1 is 1.04 bits per heavy atom. The highest BCUT2D eigenvalue weighted by Crippen LogP contribution is 2.42. The highest BCUT2D eigenvalue weighted by molar-refractivity contribution is 6.42. The molecule has 0 fully saturated rings. The van der Waals surface area contributed by atoms with Crippen LogP contribution in [0.2, 0.25) is 10.0 Å². The van der Waals surface area contributed by atoms with E-state index < -0.39 is 0 Å². The summed E-state index contributed by atoms with van der Waals surface area (Å²) in [5, 5.41) is 12.2. The molecule has 0 aliphatic heterocycles. The molecule has 0 radical (unpaired) electrons. The molecule has 0 amide bonds. The van der Waals surface area contributed by atoms with Crippen LogP contribution < -0.4 is 5.32 Å². The zero-order chi connectivity index (χ0) is 16.8. The Kier molecular flexibility index (Phi) is 9.11. The third-order valence-electron chi connectivity index (χ3n) is 4.19. The van der Waals surface area contributed by atoms with Crippen molar-refractivity contribution in [1.29, 1.82) is 0 Å². The van der Waals surface area contributed by atoms with Crippen LogP contribution in [0.3, 0.4) is 0 Å². The van der Waals surface area contributed by atoms with Crippen molar-refractivity contribution in [3.05, 3.63) is 69.2 Å². The van der Waals surface area contributed by atoms with E-state index in [2.05, 4.69) is 35.6 Å². The number of rotatable bonds is 2. The van der Waals surface area contributed by atoms with Crippen LogP contribution in [0.15, 0.2) is 42.5 Å². The molecule has 2 aromatic carbocycles. The van der Waals surface area contributed by atoms with Gasteiger partial charge in [0.2, 0.25) is 0 Å². The Morgan fingerprint density at radius 2 is 1.67 bits per heavy atom. The van der Waals surface area contributed by atoms with Gasteiger partial charge in [-0.05, 0) is 55.6 Å². The summed E-state index contributed by atoms with van der Waals surface area (Å²) in [5.74, 6) is 0.408. The summed E-state index contributed by atoms with van der Waals surface area (Å²) in [6, 6.07) is 15.1. The molecule has 2 atom stereocenters. The van der Waals surface area contributed by atoms with Gasteiger partial charge < -0.3 is 10.4 Å². The van der Waals surface area contributed by atoms with Crippen molar-refractivity contribution < 1.29 is 5.11 Å². The van der Waals surface area contributed by atoms with Gasteiger partial charge in [0.1, 0.15) is 0 Å². The predicted molar refractivity (Wildman–Crippen MR) is 106 cm³/mol. The lowest BCUT2D eigenvalue weighted by Crippen LogP contribution is -2.24. The number of nitrogens with one attached hydrogen (secondary N) is 1. The van der Waals surface area contributed by atoms with E-state index in [0.717, 1.165) is 12.8 Å². The molecule has 5 heteroatoms. The summed E-state index contributed by atoms with van der Waals surface area (Å²) < 4.78 is 0. The summed E-state index contributed by atoms with van der Waals surface area (Å²) in [7, 11) is 2.03. The van der Waals surface area contributed by atoms with Crippen molar-refractivity contribution in [2.24, 2.45) is 0 Å². The van der Waals surface area contributed by atoms with Crippen LogP contribution >= 0.6 is 35.6 Å². The summed E-state index contributed by atoms with van der Waals surface area (Å²) in [4.78, 5) is 0. The van der Waals surface area contributed by atoms with Crippen LogP contribution in [0.4, 0.5) is 0 Å². The van der Waals surface area contributed by atoms with Gasteiger partial charge in [0.25, 0.3) is 0 Å². The van der Waals surface area contributed by atoms with E-state index >= 15 is 0 Å². The van der Waals surface area contributed by atoms with E-state index in [9.17, 15) is 0 Å². The molecule has 1 aliphatic carbocycles. The second kappa shape index (κ2) is 10.3. The Bertz CT molecular complexity index is 648. The molecule has 0 heterocycles. The van der Waals surface area contributed by atoms with Gasteiger partial charge >= 0.3 is 0 Å². The van der Waals surface area contributed by atoms with E-state index in [-0.39, 0.29) is 19.0 Å². The van der Waals surface area contributed by atoms with E-state index in [0.29, 0.717) is 22.0 Å². The first-order chi connectivity index (χ1) is 11.1. The first kappa shape index (κ1) is 21.3. The molecule has 0 saturated carbocycles. The molecule has 1 aliphatic rings. The molecule has 0 bridgehead atoms. The van der Waals surface area contributed by atoms with Crippen LogP contribution in [-0.4, -0.2) is 18.8 Å². The molecule has 2 nitrogen and oxygen atoms in total. The van der Waals surface area contributed by atoms with Crippen LogP contribution in [0.1, 0.15) is 48.4 Å². The number of benzene rings is 2. The van der Waals surface area contributed by atoms with Gasteiger partial charge in [0.05, 0.1) is 10.0 Å². The van der Waals surface area contributed by atoms with Gasteiger partial charge in [-0.3, -0.25) is 0 Å². The van der Waals surface area contributed by atoms with Crippen molar-refractivity contribution in [1.82, 2.24) is 5.32 Å². The third-order valence-corrected chi connectivity index (χ3v) is 4.92. The largest absolute Gasteiger partial charge is 0.397 e. The second-order valence-electron chi connectivity index (χ2n) is 5.59. The second-order valence-corrected chi connectivity index (χ2v) is 6.40. The van der Waals surface area contributed by atoms with Gasteiger partial charge in [-0.1, -0.05) is 53.5 Å². The van der Waals surface area contributed by atoms with E-state index in [1.54, 1.807) is 6.92 Å². The topological polar surface area (TPSA) is 32.3 Å². The first-order valence-corrected chi connectivity index (χ1v) is 8.69. The zero-order valence-electron chi connectivity index (χ0n) is 13.9. The van der Waals surface area contributed by atoms with Crippen LogP contribution in [0.5, 0.6) is 0 Å². The molecular formula is C19H24Cl3NO. The minimum atomic E-state index is 0. The van der Waals surface area contributed by atoms with Gasteiger partial charge in [0.15, 0.2) is 0 Å². The molecule has 0 aromatic heterocycles. The number of hydrogen-bond donors (Lipinski definition) is 2. The van der Waals surface area contributed by atoms with Crippen molar-refractivity contribution in [2.75, 3.05) is 13.7 Å². The quantitative estimate of drug-likeness (QED) is 0.702. The molecule has 132 valence electrons. The fourth-order valence-electron chi connectivity index (χ4n) is 3.17. The molecule has 0 spiro atoms. The number of aliphatic hydroxyl groups is 1. The molecule has 0 unspecified atom stereocenters. The molecule has 24 heavy (non-hydrogen) atoms. The van der Waals surface area contributed by atoms with Gasteiger partial charge in [-0.2, -0.15) is 0 Å². The maximum atomic E-state index is 7.57. The zero-order valence-corrected chi connectivity index (χ0v) is 16.3. The summed E-state index contributed by atoms with van der Waals surface area (Å²) >= 11 is 12.2. The molecule has 2 aromatic rings. The van der Waals surface area contributed by atoms with Crippen molar-refractivity contribution >= 4 is 35.6 Å². The Labute approximate surface area is 160 Å². The summed E-state index contributed by atoms with van der Waals surface area (Å²) in [5.41, 5.74) is 4.05. The highest BCUT2D eigenvalue weighted by atomic mass is 35.5. The molecule has 3 rings (SSSR count). The summed E-state index contributed by atoms with van der Waals surface area (Å²) in [6.07, 6.45) is 2.26. The number of fused-ring (bicyclic) bond motifs is 1. The lowest BCUT2D eigenvalue weighted by atomic mass is 9.77. The van der Waals surface area contributed by atoms with Crippen LogP contribution in [0.25, 0.3) is 0 Å². The smallest absolute Gasteiger partial charge is 0.0595 e. The monoisotopic (exact) mass is 387 g/mol. The van der Waals surface area contributed by atoms with Crippen molar-refractivity contribution in [3.8, 4) is 0 Å². The average molecular weight is 389 g/mol. The lowest BCUT2D eigenvalue weighted by molar-refractivity contribution is 0.318. The molecule has 2 N–H and O–H groups in total. The maximum absolute atomic E-state index is 7.57. The summed E-state index contributed by atoms with van der Waals surface area (Å²) in [6.45, 7) is 1.93. The number of hydrogen-bond acceptors (Lipinski definition) is 2. The standard InChI is InChI=1S/C17H17Cl2N.C2H6O.ClH/c1-20-17-9-7-12(13-4-2-3-5-14(13)17)11-6-8-15(18)16(19)10-11;1-2-3;/h2-6,8,10,12,17,20H,7,9H2,1H3;3H,2H2,1H3;1H/t12-,17-;;/m0../s1. The lowest BCUT2D eigenvalue weighted by Gasteiger charge is -2.32. The number of halogens is 3. The SMILES string of the molecule is CCO.CN[C@H]1CC[C@@H](c2ccc(Cl)c(Cl)c2)c2ccccc21.Cl. The average Bonchev–Trinajstić information content (AvgIpc) is 2.57.